The Balaban J connectivity index is 2.40. The Morgan fingerprint density at radius 3 is 2.18 bits per heavy atom. The first-order valence-corrected chi connectivity index (χ1v) is 5.56. The Hall–Kier alpha value is -1.36. The van der Waals surface area contributed by atoms with Gasteiger partial charge in [-0.3, -0.25) is 0 Å². The Morgan fingerprint density at radius 2 is 1.65 bits per heavy atom. The van der Waals surface area contributed by atoms with E-state index in [-0.39, 0.29) is 0 Å². The van der Waals surface area contributed by atoms with Crippen LogP contribution in [0.15, 0.2) is 47.2 Å². The molecule has 0 saturated heterocycles. The van der Waals surface area contributed by atoms with E-state index < -0.39 is 11.7 Å². The van der Waals surface area contributed by atoms with E-state index in [1.54, 1.807) is 18.3 Å². The highest BCUT2D eigenvalue weighted by Crippen LogP contribution is 2.32. The van der Waals surface area contributed by atoms with E-state index in [1.807, 2.05) is 0 Å². The summed E-state index contributed by atoms with van der Waals surface area (Å²) in [6.45, 7) is 0. The minimum absolute atomic E-state index is 0.611. The normalized spacial score (nSPS) is 11.5. The molecule has 0 aliphatic heterocycles. The molecule has 0 fully saturated rings. The van der Waals surface area contributed by atoms with Gasteiger partial charge in [0.25, 0.3) is 0 Å². The molecule has 2 aromatic rings. The van der Waals surface area contributed by atoms with E-state index >= 15 is 0 Å². The van der Waals surface area contributed by atoms with Crippen LogP contribution in [0.4, 0.5) is 13.2 Å². The topological polar surface area (TPSA) is 12.9 Å². The van der Waals surface area contributed by atoms with Gasteiger partial charge in [0.2, 0.25) is 0 Å². The SMILES string of the molecule is FC(F)(F)c1ccc(-c2cccnc2Br)cc1. The molecule has 1 aromatic carbocycles. The molecule has 1 heterocycles. The quantitative estimate of drug-likeness (QED) is 0.705. The number of aromatic nitrogens is 1. The van der Waals surface area contributed by atoms with Crippen molar-refractivity contribution in [2.75, 3.05) is 0 Å². The number of rotatable bonds is 1. The van der Waals surface area contributed by atoms with Gasteiger partial charge in [-0.05, 0) is 39.7 Å². The van der Waals surface area contributed by atoms with Crippen molar-refractivity contribution in [2.24, 2.45) is 0 Å². The van der Waals surface area contributed by atoms with E-state index in [1.165, 1.54) is 12.1 Å². The molecule has 0 saturated carbocycles. The van der Waals surface area contributed by atoms with Gasteiger partial charge in [-0.1, -0.05) is 18.2 Å². The molecule has 0 radical (unpaired) electrons. The Morgan fingerprint density at radius 1 is 1.00 bits per heavy atom. The second kappa shape index (κ2) is 4.49. The van der Waals surface area contributed by atoms with Gasteiger partial charge in [-0.25, -0.2) is 4.98 Å². The second-order valence-electron chi connectivity index (χ2n) is 3.42. The number of alkyl halides is 3. The van der Waals surface area contributed by atoms with Crippen LogP contribution in [0.5, 0.6) is 0 Å². The number of hydrogen-bond donors (Lipinski definition) is 0. The van der Waals surface area contributed by atoms with Crippen LogP contribution in [-0.4, -0.2) is 4.98 Å². The number of pyridine rings is 1. The van der Waals surface area contributed by atoms with E-state index in [2.05, 4.69) is 20.9 Å². The lowest BCUT2D eigenvalue weighted by atomic mass is 10.1. The van der Waals surface area contributed by atoms with Crippen molar-refractivity contribution in [2.45, 2.75) is 6.18 Å². The summed E-state index contributed by atoms with van der Waals surface area (Å²) < 4.78 is 37.8. The third-order valence-electron chi connectivity index (χ3n) is 2.28. The highest BCUT2D eigenvalue weighted by molar-refractivity contribution is 9.10. The molecule has 0 aliphatic carbocycles. The maximum Gasteiger partial charge on any atom is 0.416 e. The molecule has 0 atom stereocenters. The number of benzene rings is 1. The Bertz CT molecular complexity index is 520. The van der Waals surface area contributed by atoms with E-state index in [0.717, 1.165) is 17.7 Å². The lowest BCUT2D eigenvalue weighted by Crippen LogP contribution is -2.04. The predicted molar refractivity (Wildman–Crippen MR) is 62.4 cm³/mol. The number of halogens is 4. The first-order valence-electron chi connectivity index (χ1n) is 4.76. The zero-order chi connectivity index (χ0) is 12.5. The smallest absolute Gasteiger partial charge is 0.249 e. The molecular weight excluding hydrogens is 295 g/mol. The molecule has 17 heavy (non-hydrogen) atoms. The molecule has 0 spiro atoms. The summed E-state index contributed by atoms with van der Waals surface area (Å²) in [4.78, 5) is 4.02. The minimum atomic E-state index is -4.30. The van der Waals surface area contributed by atoms with Gasteiger partial charge in [0.05, 0.1) is 5.56 Å². The zero-order valence-corrected chi connectivity index (χ0v) is 10.1. The molecule has 88 valence electrons. The lowest BCUT2D eigenvalue weighted by Gasteiger charge is -2.08. The third kappa shape index (κ3) is 2.66. The molecule has 5 heteroatoms. The van der Waals surface area contributed by atoms with E-state index in [9.17, 15) is 13.2 Å². The summed E-state index contributed by atoms with van der Waals surface area (Å²) in [5.41, 5.74) is 0.806. The van der Waals surface area contributed by atoms with Gasteiger partial charge in [-0.2, -0.15) is 13.2 Å². The van der Waals surface area contributed by atoms with Crippen molar-refractivity contribution in [3.05, 3.63) is 52.8 Å². The standard InChI is InChI=1S/C12H7BrF3N/c13-11-10(2-1-7-17-11)8-3-5-9(6-4-8)12(14,15)16/h1-7H. The summed E-state index contributed by atoms with van der Waals surface area (Å²) >= 11 is 3.26. The maximum atomic E-state index is 12.4. The molecule has 0 amide bonds. The number of nitrogens with zero attached hydrogens (tertiary/aromatic N) is 1. The Kier molecular flexibility index (Phi) is 3.19. The summed E-state index contributed by atoms with van der Waals surface area (Å²) in [7, 11) is 0. The molecule has 1 nitrogen and oxygen atoms in total. The summed E-state index contributed by atoms with van der Waals surface area (Å²) in [5.74, 6) is 0. The number of hydrogen-bond acceptors (Lipinski definition) is 1. The van der Waals surface area contributed by atoms with Crippen molar-refractivity contribution in [3.63, 3.8) is 0 Å². The molecule has 0 aliphatic rings. The predicted octanol–water partition coefficient (Wildman–Crippen LogP) is 4.53. The summed E-state index contributed by atoms with van der Waals surface area (Å²) in [6, 6.07) is 8.52. The van der Waals surface area contributed by atoms with Crippen molar-refractivity contribution >= 4 is 15.9 Å². The largest absolute Gasteiger partial charge is 0.416 e. The van der Waals surface area contributed by atoms with Crippen LogP contribution < -0.4 is 0 Å². The average molecular weight is 302 g/mol. The van der Waals surface area contributed by atoms with Crippen LogP contribution in [-0.2, 0) is 6.18 Å². The Labute approximate surface area is 104 Å². The van der Waals surface area contributed by atoms with Crippen molar-refractivity contribution in [3.8, 4) is 11.1 Å². The van der Waals surface area contributed by atoms with Gasteiger partial charge in [0.15, 0.2) is 0 Å². The highest BCUT2D eigenvalue weighted by Gasteiger charge is 2.29. The maximum absolute atomic E-state index is 12.4. The highest BCUT2D eigenvalue weighted by atomic mass is 79.9. The molecular formula is C12H7BrF3N. The first kappa shape index (κ1) is 12.1. The molecule has 1 aromatic heterocycles. The second-order valence-corrected chi connectivity index (χ2v) is 4.17. The fourth-order valence-electron chi connectivity index (χ4n) is 1.44. The van der Waals surface area contributed by atoms with Crippen LogP contribution in [0.1, 0.15) is 5.56 Å². The first-order chi connectivity index (χ1) is 7.98. The van der Waals surface area contributed by atoms with E-state index in [4.69, 9.17) is 0 Å². The molecule has 0 unspecified atom stereocenters. The van der Waals surface area contributed by atoms with Gasteiger partial charge >= 0.3 is 6.18 Å². The van der Waals surface area contributed by atoms with Gasteiger partial charge < -0.3 is 0 Å². The fourth-order valence-corrected chi connectivity index (χ4v) is 1.92. The van der Waals surface area contributed by atoms with Gasteiger partial charge in [-0.15, -0.1) is 0 Å². The van der Waals surface area contributed by atoms with Crippen molar-refractivity contribution in [1.29, 1.82) is 0 Å². The van der Waals surface area contributed by atoms with Crippen molar-refractivity contribution < 1.29 is 13.2 Å². The van der Waals surface area contributed by atoms with Crippen LogP contribution in [0.25, 0.3) is 11.1 Å². The molecule has 0 N–H and O–H groups in total. The van der Waals surface area contributed by atoms with Crippen LogP contribution in [0.2, 0.25) is 0 Å². The zero-order valence-electron chi connectivity index (χ0n) is 8.50. The van der Waals surface area contributed by atoms with Crippen LogP contribution >= 0.6 is 15.9 Å². The summed E-state index contributed by atoms with van der Waals surface area (Å²) in [6.07, 6.45) is -2.69. The van der Waals surface area contributed by atoms with Crippen LogP contribution in [0.3, 0.4) is 0 Å². The van der Waals surface area contributed by atoms with Crippen molar-refractivity contribution in [1.82, 2.24) is 4.98 Å². The molecule has 0 bridgehead atoms. The average Bonchev–Trinajstić information content (AvgIpc) is 2.29. The fraction of sp³-hybridized carbons (Fsp3) is 0.0833. The third-order valence-corrected chi connectivity index (χ3v) is 2.91. The van der Waals surface area contributed by atoms with E-state index in [0.29, 0.717) is 10.2 Å². The van der Waals surface area contributed by atoms with Gasteiger partial charge in [0, 0.05) is 11.8 Å². The summed E-state index contributed by atoms with van der Waals surface area (Å²) in [5, 5.41) is 0. The van der Waals surface area contributed by atoms with Gasteiger partial charge in [0.1, 0.15) is 4.60 Å². The lowest BCUT2D eigenvalue weighted by molar-refractivity contribution is -0.137. The van der Waals surface area contributed by atoms with Crippen LogP contribution in [0, 0.1) is 0 Å². The monoisotopic (exact) mass is 301 g/mol. The minimum Gasteiger partial charge on any atom is -0.249 e. The molecule has 2 rings (SSSR count).